The van der Waals surface area contributed by atoms with Gasteiger partial charge in [0.15, 0.2) is 0 Å². The summed E-state index contributed by atoms with van der Waals surface area (Å²) in [6.45, 7) is 4.18. The molecule has 0 fully saturated rings. The Morgan fingerprint density at radius 1 is 0.463 bits per heavy atom. The van der Waals surface area contributed by atoms with Gasteiger partial charge in [0, 0.05) is 6.42 Å². The first-order valence-corrected chi connectivity index (χ1v) is 24.1. The van der Waals surface area contributed by atoms with E-state index in [9.17, 15) is 20.1 Å². The summed E-state index contributed by atoms with van der Waals surface area (Å²) in [6.07, 6.45) is 54.4. The van der Waals surface area contributed by atoms with Crippen LogP contribution in [0.1, 0.15) is 258 Å². The molecule has 4 N–H and O–H groups in total. The summed E-state index contributed by atoms with van der Waals surface area (Å²) in [5, 5.41) is 33.6. The van der Waals surface area contributed by atoms with Gasteiger partial charge < -0.3 is 20.6 Å². The third kappa shape index (κ3) is 39.1. The van der Waals surface area contributed by atoms with Gasteiger partial charge >= 0.3 is 0 Å². The molecular weight excluding hydrogens is 667 g/mol. The highest BCUT2D eigenvalue weighted by atomic mass is 16.3. The van der Waals surface area contributed by atoms with E-state index in [1.165, 1.54) is 186 Å². The Hall–Kier alpha value is -1.17. The standard InChI is InChI=1S/C49H95NO4/c1-3-5-7-9-11-13-15-17-18-19-20-21-22-23-24-25-26-27-28-29-30-32-34-36-38-40-42-44-48(53)50-46(45-51)49(54)47(52)43-41-39-37-35-33-31-16-14-12-10-8-6-4-2/h20-21,23-24,46-47,49,51-52,54H,3-19,22,25-45H2,1-2H3,(H,50,53)/b21-20-,24-23-. The van der Waals surface area contributed by atoms with Crippen molar-refractivity contribution in [1.29, 1.82) is 0 Å². The van der Waals surface area contributed by atoms with Crippen molar-refractivity contribution in [2.45, 2.75) is 276 Å². The van der Waals surface area contributed by atoms with Crippen molar-refractivity contribution in [2.75, 3.05) is 6.61 Å². The molecule has 320 valence electrons. The molecule has 0 aliphatic rings. The third-order valence-corrected chi connectivity index (χ3v) is 11.3. The molecule has 0 radical (unpaired) electrons. The van der Waals surface area contributed by atoms with E-state index in [1.54, 1.807) is 0 Å². The fourth-order valence-corrected chi connectivity index (χ4v) is 7.55. The Morgan fingerprint density at radius 2 is 0.796 bits per heavy atom. The Bertz CT molecular complexity index is 799. The lowest BCUT2D eigenvalue weighted by molar-refractivity contribution is -0.124. The number of unbranched alkanes of at least 4 members (excludes halogenated alkanes) is 32. The summed E-state index contributed by atoms with van der Waals surface area (Å²) in [6, 6.07) is -0.808. The van der Waals surface area contributed by atoms with Crippen molar-refractivity contribution >= 4 is 5.91 Å². The summed E-state index contributed by atoms with van der Waals surface area (Å²) < 4.78 is 0. The normalized spacial score (nSPS) is 13.6. The maximum atomic E-state index is 12.4. The van der Waals surface area contributed by atoms with Gasteiger partial charge in [0.05, 0.1) is 18.8 Å². The lowest BCUT2D eigenvalue weighted by Crippen LogP contribution is -2.50. The van der Waals surface area contributed by atoms with E-state index in [2.05, 4.69) is 43.5 Å². The molecule has 54 heavy (non-hydrogen) atoms. The van der Waals surface area contributed by atoms with Crippen molar-refractivity contribution in [1.82, 2.24) is 5.32 Å². The highest BCUT2D eigenvalue weighted by Crippen LogP contribution is 2.16. The van der Waals surface area contributed by atoms with Crippen LogP contribution in [-0.2, 0) is 4.79 Å². The molecule has 0 saturated heterocycles. The van der Waals surface area contributed by atoms with Crippen molar-refractivity contribution in [2.24, 2.45) is 0 Å². The molecule has 3 unspecified atom stereocenters. The van der Waals surface area contributed by atoms with Crippen molar-refractivity contribution < 1.29 is 20.1 Å². The maximum absolute atomic E-state index is 12.4. The molecule has 5 nitrogen and oxygen atoms in total. The van der Waals surface area contributed by atoms with E-state index in [1.807, 2.05) is 0 Å². The molecular formula is C49H95NO4. The Labute approximate surface area is 337 Å². The first-order chi connectivity index (χ1) is 26.6. The summed E-state index contributed by atoms with van der Waals surface area (Å²) >= 11 is 0. The molecule has 0 bridgehead atoms. The Balaban J connectivity index is 3.56. The van der Waals surface area contributed by atoms with Gasteiger partial charge in [-0.3, -0.25) is 4.79 Å². The highest BCUT2D eigenvalue weighted by molar-refractivity contribution is 5.76. The van der Waals surface area contributed by atoms with E-state index in [0.29, 0.717) is 12.8 Å². The van der Waals surface area contributed by atoms with Gasteiger partial charge in [-0.1, -0.05) is 231 Å². The lowest BCUT2D eigenvalue weighted by Gasteiger charge is -2.26. The van der Waals surface area contributed by atoms with Crippen molar-refractivity contribution in [3.63, 3.8) is 0 Å². The largest absolute Gasteiger partial charge is 0.394 e. The topological polar surface area (TPSA) is 89.8 Å². The number of carbonyl (C=O) groups is 1. The first kappa shape index (κ1) is 52.8. The number of amides is 1. The smallest absolute Gasteiger partial charge is 0.220 e. The molecule has 0 rings (SSSR count). The van der Waals surface area contributed by atoms with E-state index in [0.717, 1.165) is 44.9 Å². The zero-order valence-electron chi connectivity index (χ0n) is 36.4. The molecule has 0 aromatic carbocycles. The van der Waals surface area contributed by atoms with Crippen LogP contribution in [0.25, 0.3) is 0 Å². The minimum absolute atomic E-state index is 0.145. The predicted molar refractivity (Wildman–Crippen MR) is 236 cm³/mol. The van der Waals surface area contributed by atoms with Crippen LogP contribution in [0.2, 0.25) is 0 Å². The zero-order valence-corrected chi connectivity index (χ0v) is 36.4. The molecule has 0 spiro atoms. The van der Waals surface area contributed by atoms with Crippen molar-refractivity contribution in [3.05, 3.63) is 24.3 Å². The fraction of sp³-hybridized carbons (Fsp3) is 0.898. The van der Waals surface area contributed by atoms with Gasteiger partial charge in [-0.15, -0.1) is 0 Å². The molecule has 1 amide bonds. The minimum atomic E-state index is -1.13. The van der Waals surface area contributed by atoms with Crippen LogP contribution in [0.4, 0.5) is 0 Å². The molecule has 0 aromatic heterocycles. The number of aliphatic hydroxyl groups is 3. The van der Waals surface area contributed by atoms with Crippen LogP contribution >= 0.6 is 0 Å². The van der Waals surface area contributed by atoms with Gasteiger partial charge in [-0.05, 0) is 44.9 Å². The first-order valence-electron chi connectivity index (χ1n) is 24.1. The lowest BCUT2D eigenvalue weighted by atomic mass is 9.99. The average Bonchev–Trinajstić information content (AvgIpc) is 3.18. The molecule has 5 heteroatoms. The Morgan fingerprint density at radius 3 is 1.17 bits per heavy atom. The van der Waals surface area contributed by atoms with E-state index in [4.69, 9.17) is 0 Å². The van der Waals surface area contributed by atoms with Crippen molar-refractivity contribution in [3.8, 4) is 0 Å². The van der Waals surface area contributed by atoms with Gasteiger partial charge in [-0.2, -0.15) is 0 Å². The summed E-state index contributed by atoms with van der Waals surface area (Å²) in [7, 11) is 0. The quantitative estimate of drug-likeness (QED) is 0.0368. The SMILES string of the molecule is CCCCCCCCCCC/C=C\C/C=C\CCCCCCCCCCCCCC(=O)NC(CO)C(O)C(O)CCCCCCCCCCCCCCC. The van der Waals surface area contributed by atoms with Gasteiger partial charge in [-0.25, -0.2) is 0 Å². The second-order valence-corrected chi connectivity index (χ2v) is 16.7. The number of hydrogen-bond donors (Lipinski definition) is 4. The number of carbonyl (C=O) groups excluding carboxylic acids is 1. The zero-order chi connectivity index (χ0) is 39.4. The molecule has 0 heterocycles. The molecule has 3 atom stereocenters. The van der Waals surface area contributed by atoms with Gasteiger partial charge in [0.2, 0.25) is 5.91 Å². The number of nitrogens with one attached hydrogen (secondary N) is 1. The third-order valence-electron chi connectivity index (χ3n) is 11.3. The summed E-state index contributed by atoms with van der Waals surface area (Å²) in [5.41, 5.74) is 0. The summed E-state index contributed by atoms with van der Waals surface area (Å²) in [4.78, 5) is 12.4. The molecule has 0 aromatic rings. The minimum Gasteiger partial charge on any atom is -0.394 e. The fourth-order valence-electron chi connectivity index (χ4n) is 7.55. The number of allylic oxidation sites excluding steroid dienone is 4. The maximum Gasteiger partial charge on any atom is 0.220 e. The van der Waals surface area contributed by atoms with Crippen LogP contribution < -0.4 is 5.32 Å². The molecule has 0 aliphatic heterocycles. The molecule has 0 saturated carbocycles. The number of aliphatic hydroxyl groups excluding tert-OH is 3. The van der Waals surface area contributed by atoms with E-state index >= 15 is 0 Å². The second kappa shape index (κ2) is 44.5. The average molecular weight is 762 g/mol. The van der Waals surface area contributed by atoms with Gasteiger partial charge in [0.25, 0.3) is 0 Å². The monoisotopic (exact) mass is 762 g/mol. The Kier molecular flexibility index (Phi) is 43.6. The van der Waals surface area contributed by atoms with Crippen LogP contribution in [0.3, 0.4) is 0 Å². The van der Waals surface area contributed by atoms with E-state index < -0.39 is 18.2 Å². The molecule has 0 aliphatic carbocycles. The van der Waals surface area contributed by atoms with E-state index in [-0.39, 0.29) is 12.5 Å². The highest BCUT2D eigenvalue weighted by Gasteiger charge is 2.26. The van der Waals surface area contributed by atoms with Crippen LogP contribution in [-0.4, -0.2) is 46.1 Å². The summed E-state index contributed by atoms with van der Waals surface area (Å²) in [5.74, 6) is -0.145. The van der Waals surface area contributed by atoms with Crippen LogP contribution in [0.15, 0.2) is 24.3 Å². The van der Waals surface area contributed by atoms with Crippen LogP contribution in [0.5, 0.6) is 0 Å². The predicted octanol–water partition coefficient (Wildman–Crippen LogP) is 14.2. The van der Waals surface area contributed by atoms with Gasteiger partial charge in [0.1, 0.15) is 6.10 Å². The number of rotatable bonds is 44. The second-order valence-electron chi connectivity index (χ2n) is 16.7. The van der Waals surface area contributed by atoms with Crippen LogP contribution in [0, 0.1) is 0 Å². The number of hydrogen-bond acceptors (Lipinski definition) is 4.